The zero-order valence-electron chi connectivity index (χ0n) is 5.05. The predicted molar refractivity (Wildman–Crippen MR) is 56.7 cm³/mol. The van der Waals surface area contributed by atoms with Crippen molar-refractivity contribution in [3.63, 3.8) is 0 Å². The van der Waals surface area contributed by atoms with Crippen LogP contribution < -0.4 is 0 Å². The van der Waals surface area contributed by atoms with Gasteiger partial charge in [-0.15, -0.1) is 11.6 Å². The van der Waals surface area contributed by atoms with E-state index in [0.29, 0.717) is 5.88 Å². The van der Waals surface area contributed by atoms with Gasteiger partial charge < -0.3 is 0 Å². The molecule has 0 heterocycles. The largest absolute Gasteiger partial charge is 0.126 e. The molecule has 9 heavy (non-hydrogen) atoms. The van der Waals surface area contributed by atoms with E-state index in [1.165, 1.54) is 6.42 Å². The van der Waals surface area contributed by atoms with Crippen molar-refractivity contribution in [2.75, 3.05) is 21.9 Å². The van der Waals surface area contributed by atoms with Crippen LogP contribution in [0.4, 0.5) is 0 Å². The van der Waals surface area contributed by atoms with Gasteiger partial charge in [0, 0.05) is 21.9 Å². The first-order valence-electron chi connectivity index (χ1n) is 2.57. The second kappa shape index (κ2) is 16.4. The lowest BCUT2D eigenvalue weighted by atomic mass is 10.6. The van der Waals surface area contributed by atoms with Gasteiger partial charge in [0.2, 0.25) is 0 Å². The van der Waals surface area contributed by atoms with Gasteiger partial charge in [-0.3, -0.25) is 0 Å². The van der Waals surface area contributed by atoms with Crippen LogP contribution in [0.3, 0.4) is 0 Å². The summed E-state index contributed by atoms with van der Waals surface area (Å²) in [5.41, 5.74) is 0. The highest BCUT2D eigenvalue weighted by atomic mass is 79.9. The molecule has 0 saturated carbocycles. The molecular formula is C5H10Br3Cl. The third-order valence-electron chi connectivity index (χ3n) is 0.339. The molecule has 0 aliphatic carbocycles. The van der Waals surface area contributed by atoms with Crippen LogP contribution in [0, 0.1) is 0 Å². The zero-order chi connectivity index (χ0) is 7.54. The van der Waals surface area contributed by atoms with Crippen LogP contribution in [-0.4, -0.2) is 21.9 Å². The summed E-state index contributed by atoms with van der Waals surface area (Å²) in [6, 6.07) is 0. The molecule has 0 aliphatic rings. The average Bonchev–Trinajstić information content (AvgIpc) is 1.91. The standard InChI is InChI=1S/C3H6Br2.C2H4BrCl/c4-2-1-3-5;3-1-2-4/h1-3H2;1-2H2. The molecule has 0 radical (unpaired) electrons. The van der Waals surface area contributed by atoms with E-state index < -0.39 is 0 Å². The van der Waals surface area contributed by atoms with E-state index in [1.807, 2.05) is 0 Å². The monoisotopic (exact) mass is 342 g/mol. The quantitative estimate of drug-likeness (QED) is 0.683. The topological polar surface area (TPSA) is 0 Å². The van der Waals surface area contributed by atoms with E-state index >= 15 is 0 Å². The molecule has 0 spiro atoms. The van der Waals surface area contributed by atoms with Crippen molar-refractivity contribution < 1.29 is 0 Å². The first kappa shape index (κ1) is 13.3. The molecule has 0 amide bonds. The van der Waals surface area contributed by atoms with Crippen molar-refractivity contribution in [1.82, 2.24) is 0 Å². The molecule has 0 bridgehead atoms. The number of alkyl halides is 4. The van der Waals surface area contributed by atoms with E-state index in [2.05, 4.69) is 47.8 Å². The van der Waals surface area contributed by atoms with Crippen LogP contribution in [0.5, 0.6) is 0 Å². The maximum atomic E-state index is 5.14. The van der Waals surface area contributed by atoms with E-state index in [4.69, 9.17) is 11.6 Å². The Kier molecular flexibility index (Phi) is 24.2. The van der Waals surface area contributed by atoms with Gasteiger partial charge in [0.15, 0.2) is 0 Å². The Morgan fingerprint density at radius 3 is 1.22 bits per heavy atom. The number of rotatable bonds is 3. The molecular weight excluding hydrogens is 335 g/mol. The lowest BCUT2D eigenvalue weighted by Gasteiger charge is -1.76. The summed E-state index contributed by atoms with van der Waals surface area (Å²) in [6.45, 7) is 0. The van der Waals surface area contributed by atoms with Crippen molar-refractivity contribution in [2.24, 2.45) is 0 Å². The predicted octanol–water partition coefficient (Wildman–Crippen LogP) is 3.79. The van der Waals surface area contributed by atoms with Crippen LogP contribution in [0.2, 0.25) is 0 Å². The van der Waals surface area contributed by atoms with Gasteiger partial charge >= 0.3 is 0 Å². The lowest BCUT2D eigenvalue weighted by Crippen LogP contribution is -1.69. The molecule has 0 rings (SSSR count). The molecule has 0 unspecified atom stereocenters. The van der Waals surface area contributed by atoms with E-state index in [-0.39, 0.29) is 0 Å². The third-order valence-corrected chi connectivity index (χ3v) is 2.50. The van der Waals surface area contributed by atoms with Crippen LogP contribution in [-0.2, 0) is 0 Å². The van der Waals surface area contributed by atoms with Crippen LogP contribution in [0.15, 0.2) is 0 Å². The molecule has 0 aromatic carbocycles. The highest BCUT2D eigenvalue weighted by Gasteiger charge is 1.71. The smallest absolute Gasteiger partial charge is 0.0320 e. The van der Waals surface area contributed by atoms with Crippen LogP contribution in [0.25, 0.3) is 0 Å². The molecule has 0 fully saturated rings. The fraction of sp³-hybridized carbons (Fsp3) is 1.00. The summed E-state index contributed by atoms with van der Waals surface area (Å²) < 4.78 is 0. The second-order valence-electron chi connectivity index (χ2n) is 1.11. The fourth-order valence-electron chi connectivity index (χ4n) is 0.0505. The van der Waals surface area contributed by atoms with Crippen molar-refractivity contribution in [2.45, 2.75) is 6.42 Å². The Morgan fingerprint density at radius 1 is 0.889 bits per heavy atom. The number of hydrogen-bond donors (Lipinski definition) is 0. The van der Waals surface area contributed by atoms with Crippen molar-refractivity contribution in [3.05, 3.63) is 0 Å². The summed E-state index contributed by atoms with van der Waals surface area (Å²) in [4.78, 5) is 0. The maximum absolute atomic E-state index is 5.14. The van der Waals surface area contributed by atoms with Crippen LogP contribution in [0.1, 0.15) is 6.42 Å². The summed E-state index contributed by atoms with van der Waals surface area (Å²) in [7, 11) is 0. The van der Waals surface area contributed by atoms with Gasteiger partial charge in [0.05, 0.1) is 0 Å². The minimum absolute atomic E-state index is 0.708. The maximum Gasteiger partial charge on any atom is 0.0320 e. The molecule has 0 aromatic heterocycles. The normalized spacial score (nSPS) is 8.00. The molecule has 0 saturated heterocycles. The molecule has 0 aliphatic heterocycles. The SMILES string of the molecule is BrCCCBr.ClCCBr. The Morgan fingerprint density at radius 2 is 1.22 bits per heavy atom. The highest BCUT2D eigenvalue weighted by molar-refractivity contribution is 9.09. The van der Waals surface area contributed by atoms with E-state index in [9.17, 15) is 0 Å². The van der Waals surface area contributed by atoms with Crippen LogP contribution >= 0.6 is 59.4 Å². The highest BCUT2D eigenvalue weighted by Crippen LogP contribution is 1.90. The summed E-state index contributed by atoms with van der Waals surface area (Å²) >= 11 is 14.8. The Balaban J connectivity index is 0. The molecule has 0 atom stereocenters. The minimum Gasteiger partial charge on any atom is -0.126 e. The van der Waals surface area contributed by atoms with Gasteiger partial charge in [0.1, 0.15) is 0 Å². The second-order valence-corrected chi connectivity index (χ2v) is 3.87. The van der Waals surface area contributed by atoms with Gasteiger partial charge in [-0.1, -0.05) is 47.8 Å². The van der Waals surface area contributed by atoms with Crippen molar-refractivity contribution >= 4 is 59.4 Å². The summed E-state index contributed by atoms with van der Waals surface area (Å²) in [5.74, 6) is 0.708. The zero-order valence-corrected chi connectivity index (χ0v) is 10.6. The Hall–Kier alpha value is 1.73. The Labute approximate surface area is 87.1 Å². The number of hydrogen-bond acceptors (Lipinski definition) is 0. The first-order valence-corrected chi connectivity index (χ1v) is 6.47. The minimum atomic E-state index is 0.708. The van der Waals surface area contributed by atoms with Gasteiger partial charge in [0.25, 0.3) is 0 Å². The summed E-state index contributed by atoms with van der Waals surface area (Å²) in [5, 5.41) is 3.12. The summed E-state index contributed by atoms with van der Waals surface area (Å²) in [6.07, 6.45) is 1.22. The fourth-order valence-corrected chi connectivity index (χ4v) is 1.36. The van der Waals surface area contributed by atoms with Crippen molar-refractivity contribution in [1.29, 1.82) is 0 Å². The van der Waals surface area contributed by atoms with E-state index in [0.717, 1.165) is 16.0 Å². The first-order chi connectivity index (χ1) is 4.33. The lowest BCUT2D eigenvalue weighted by molar-refractivity contribution is 1.15. The van der Waals surface area contributed by atoms with E-state index in [1.54, 1.807) is 0 Å². The Bertz CT molecular complexity index is 31.4. The van der Waals surface area contributed by atoms with Gasteiger partial charge in [-0.05, 0) is 6.42 Å². The number of halogens is 4. The van der Waals surface area contributed by atoms with Gasteiger partial charge in [-0.2, -0.15) is 0 Å². The molecule has 58 valence electrons. The van der Waals surface area contributed by atoms with Crippen molar-refractivity contribution in [3.8, 4) is 0 Å². The molecule has 0 aromatic rings. The average molecular weight is 345 g/mol. The molecule has 0 N–H and O–H groups in total. The molecule has 4 heteroatoms. The third kappa shape index (κ3) is 26.0. The molecule has 0 nitrogen and oxygen atoms in total. The van der Waals surface area contributed by atoms with Gasteiger partial charge in [-0.25, -0.2) is 0 Å².